The molecule has 2 aromatic carbocycles. The molecule has 9 unspecified atom stereocenters. The number of aromatic amines is 1. The van der Waals surface area contributed by atoms with Gasteiger partial charge in [0.1, 0.15) is 5.41 Å². The van der Waals surface area contributed by atoms with E-state index in [9.17, 15) is 24.9 Å². The number of nitrogens with zero attached hydrogens (tertiary/aromatic N) is 1. The lowest BCUT2D eigenvalue weighted by atomic mass is 9.33. The van der Waals surface area contributed by atoms with Crippen LogP contribution in [0.15, 0.2) is 70.0 Å². The van der Waals surface area contributed by atoms with Gasteiger partial charge in [-0.15, -0.1) is 0 Å². The molecule has 4 saturated carbocycles. The fourth-order valence-electron chi connectivity index (χ4n) is 12.6. The largest absolute Gasteiger partial charge is 0.481 e. The van der Waals surface area contributed by atoms with Gasteiger partial charge in [-0.05, 0) is 133 Å². The molecule has 298 valence electrons. The molecular formula is C45H61N3O6S. The van der Waals surface area contributed by atoms with Crippen molar-refractivity contribution in [2.45, 2.75) is 128 Å². The van der Waals surface area contributed by atoms with E-state index in [2.05, 4.69) is 86.7 Å². The van der Waals surface area contributed by atoms with Crippen molar-refractivity contribution < 1.29 is 29.6 Å². The highest BCUT2D eigenvalue weighted by Crippen LogP contribution is 2.75. The number of fused-ring (bicyclic) bond motifs is 8. The summed E-state index contributed by atoms with van der Waals surface area (Å²) >= 11 is 1.67. The van der Waals surface area contributed by atoms with E-state index in [1.807, 2.05) is 36.4 Å². The SMILES string of the molecule is CC1(C)CCC2(C(=O)O)C(O)CC3(C)C(=CCC4C5(C)CCC(O)C(C)(C)C5CCC43C)C2C1.COC(=O)Nc1nc2ccc(Sc3ccccc3)cc2[nH]1. The van der Waals surface area contributed by atoms with E-state index in [0.29, 0.717) is 30.6 Å². The number of carbonyl (C=O) groups excluding carboxylic acids is 1. The maximum atomic E-state index is 12.8. The van der Waals surface area contributed by atoms with E-state index < -0.39 is 23.6 Å². The first-order valence-corrected chi connectivity index (χ1v) is 21.0. The number of methoxy groups -OCH3 is 1. The number of nitrogens with one attached hydrogen (secondary N) is 2. The summed E-state index contributed by atoms with van der Waals surface area (Å²) in [4.78, 5) is 33.6. The Bertz CT molecular complexity index is 1980. The number of aliphatic carboxylic acids is 1. The molecule has 4 fully saturated rings. The first-order valence-electron chi connectivity index (χ1n) is 20.2. The van der Waals surface area contributed by atoms with Gasteiger partial charge in [0.05, 0.1) is 30.4 Å². The molecular weight excluding hydrogens is 711 g/mol. The third kappa shape index (κ3) is 6.42. The van der Waals surface area contributed by atoms with Gasteiger partial charge in [-0.1, -0.05) is 90.1 Å². The lowest BCUT2D eigenvalue weighted by molar-refractivity contribution is -0.218. The summed E-state index contributed by atoms with van der Waals surface area (Å²) in [5.74, 6) is 0.463. The maximum Gasteiger partial charge on any atom is 0.413 e. The lowest BCUT2D eigenvalue weighted by Crippen LogP contribution is -2.67. The number of carboxylic acids is 1. The Morgan fingerprint density at radius 1 is 0.873 bits per heavy atom. The quantitative estimate of drug-likeness (QED) is 0.165. The predicted octanol–water partition coefficient (Wildman–Crippen LogP) is 10.1. The van der Waals surface area contributed by atoms with Gasteiger partial charge in [-0.2, -0.15) is 0 Å². The summed E-state index contributed by atoms with van der Waals surface area (Å²) in [5, 5.41) is 35.6. The summed E-state index contributed by atoms with van der Waals surface area (Å²) < 4.78 is 4.54. The number of benzene rings is 2. The summed E-state index contributed by atoms with van der Waals surface area (Å²) in [6, 6.07) is 16.1. The zero-order chi connectivity index (χ0) is 39.8. The van der Waals surface area contributed by atoms with Crippen LogP contribution < -0.4 is 5.32 Å². The number of hydrogen-bond acceptors (Lipinski definition) is 7. The van der Waals surface area contributed by atoms with Crippen molar-refractivity contribution in [1.82, 2.24) is 9.97 Å². The molecule has 0 spiro atoms. The van der Waals surface area contributed by atoms with E-state index in [1.54, 1.807) is 11.8 Å². The minimum Gasteiger partial charge on any atom is -0.481 e. The van der Waals surface area contributed by atoms with Gasteiger partial charge in [0, 0.05) is 9.79 Å². The molecule has 5 aliphatic carbocycles. The third-order valence-electron chi connectivity index (χ3n) is 15.9. The van der Waals surface area contributed by atoms with E-state index in [1.165, 1.54) is 17.6 Å². The van der Waals surface area contributed by atoms with Crippen LogP contribution in [0.5, 0.6) is 0 Å². The molecule has 10 heteroatoms. The van der Waals surface area contributed by atoms with Crippen LogP contribution in [0.1, 0.15) is 106 Å². The van der Waals surface area contributed by atoms with Crippen LogP contribution in [0.25, 0.3) is 11.0 Å². The number of H-pyrrole nitrogens is 1. The van der Waals surface area contributed by atoms with Crippen LogP contribution in [-0.4, -0.2) is 56.7 Å². The van der Waals surface area contributed by atoms with Crippen LogP contribution in [-0.2, 0) is 9.53 Å². The van der Waals surface area contributed by atoms with E-state index in [-0.39, 0.29) is 39.1 Å². The molecule has 1 aromatic heterocycles. The Morgan fingerprint density at radius 2 is 1.60 bits per heavy atom. The Balaban J connectivity index is 0.000000190. The number of allylic oxidation sites excluding steroid dienone is 2. The smallest absolute Gasteiger partial charge is 0.413 e. The number of aliphatic hydroxyl groups excluding tert-OH is 2. The third-order valence-corrected chi connectivity index (χ3v) is 16.9. The molecule has 3 aromatic rings. The van der Waals surface area contributed by atoms with Crippen LogP contribution in [0.2, 0.25) is 0 Å². The number of carboxylic acid groups (broad SMARTS) is 1. The second-order valence-electron chi connectivity index (χ2n) is 19.5. The number of hydrogen-bond donors (Lipinski definition) is 5. The zero-order valence-corrected chi connectivity index (χ0v) is 34.7. The van der Waals surface area contributed by atoms with Gasteiger partial charge >= 0.3 is 12.1 Å². The van der Waals surface area contributed by atoms with Crippen LogP contribution in [0, 0.1) is 50.2 Å². The molecule has 9 nitrogen and oxygen atoms in total. The summed E-state index contributed by atoms with van der Waals surface area (Å²) in [6.07, 6.45) is 8.80. The van der Waals surface area contributed by atoms with Gasteiger partial charge in [0.15, 0.2) is 0 Å². The number of ether oxygens (including phenoxy) is 1. The Kier molecular flexibility index (Phi) is 10.1. The highest BCUT2D eigenvalue weighted by molar-refractivity contribution is 7.99. The number of aromatic nitrogens is 2. The van der Waals surface area contributed by atoms with Crippen molar-refractivity contribution in [3.63, 3.8) is 0 Å². The van der Waals surface area contributed by atoms with E-state index in [0.717, 1.165) is 60.9 Å². The van der Waals surface area contributed by atoms with Crippen LogP contribution >= 0.6 is 11.8 Å². The molecule has 0 bridgehead atoms. The monoisotopic (exact) mass is 771 g/mol. The van der Waals surface area contributed by atoms with E-state index >= 15 is 0 Å². The van der Waals surface area contributed by atoms with Gasteiger partial charge in [0.25, 0.3) is 0 Å². The molecule has 55 heavy (non-hydrogen) atoms. The van der Waals surface area contributed by atoms with Crippen molar-refractivity contribution in [2.75, 3.05) is 12.4 Å². The predicted molar refractivity (Wildman–Crippen MR) is 217 cm³/mol. The molecule has 8 rings (SSSR count). The fraction of sp³-hybridized carbons (Fsp3) is 0.622. The molecule has 1 heterocycles. The Morgan fingerprint density at radius 3 is 2.29 bits per heavy atom. The van der Waals surface area contributed by atoms with Crippen LogP contribution in [0.4, 0.5) is 10.7 Å². The molecule has 9 atom stereocenters. The molecule has 1 amide bonds. The van der Waals surface area contributed by atoms with Gasteiger partial charge < -0.3 is 25.0 Å². The van der Waals surface area contributed by atoms with Crippen LogP contribution in [0.3, 0.4) is 0 Å². The first-order chi connectivity index (χ1) is 25.8. The summed E-state index contributed by atoms with van der Waals surface area (Å²) in [6.45, 7) is 16.4. The van der Waals surface area contributed by atoms with Gasteiger partial charge in [-0.3, -0.25) is 10.1 Å². The molecule has 0 saturated heterocycles. The normalized spacial score (nSPS) is 37.1. The Labute approximate surface area is 330 Å². The van der Waals surface area contributed by atoms with Crippen molar-refractivity contribution in [2.24, 2.45) is 50.2 Å². The number of aliphatic hydroxyl groups is 2. The zero-order valence-electron chi connectivity index (χ0n) is 33.9. The average molecular weight is 772 g/mol. The maximum absolute atomic E-state index is 12.8. The lowest BCUT2D eigenvalue weighted by Gasteiger charge is -2.71. The summed E-state index contributed by atoms with van der Waals surface area (Å²) in [5.41, 5.74) is 1.95. The highest BCUT2D eigenvalue weighted by Gasteiger charge is 2.71. The van der Waals surface area contributed by atoms with Gasteiger partial charge in [0.2, 0.25) is 5.95 Å². The van der Waals surface area contributed by atoms with Crippen molar-refractivity contribution in [1.29, 1.82) is 0 Å². The number of rotatable bonds is 4. The minimum absolute atomic E-state index is 0.0218. The second-order valence-corrected chi connectivity index (χ2v) is 20.6. The fourth-order valence-corrected chi connectivity index (χ4v) is 13.5. The standard InChI is InChI=1S/C30H48O4.C15H13N3O2S/c1-25(2)14-15-30(24(33)34)19(16-25)18-8-9-21-27(5)12-11-22(31)26(3,4)20(27)10-13-28(21,6)29(18,7)17-23(30)32;1-20-15(19)18-14-16-12-8-7-11(9-13(12)17-14)21-10-5-3-2-4-6-10/h8,19-23,31-32H,9-17H2,1-7H3,(H,33,34);2-9H,1H3,(H2,16,17,18,19). The van der Waals surface area contributed by atoms with Crippen molar-refractivity contribution in [3.8, 4) is 0 Å². The Hall–Kier alpha value is -3.34. The van der Waals surface area contributed by atoms with Crippen molar-refractivity contribution >= 4 is 40.8 Å². The van der Waals surface area contributed by atoms with E-state index in [4.69, 9.17) is 0 Å². The average Bonchev–Trinajstić information content (AvgIpc) is 3.52. The molecule has 5 N–H and O–H groups in total. The van der Waals surface area contributed by atoms with Crippen molar-refractivity contribution in [3.05, 3.63) is 60.2 Å². The molecule has 5 aliphatic rings. The number of anilines is 1. The number of amides is 1. The van der Waals surface area contributed by atoms with Gasteiger partial charge in [-0.25, -0.2) is 9.78 Å². The first kappa shape index (κ1) is 39.9. The number of carbonyl (C=O) groups is 2. The minimum atomic E-state index is -1.04. The topological polar surface area (TPSA) is 145 Å². The summed E-state index contributed by atoms with van der Waals surface area (Å²) in [7, 11) is 1.31. The molecule has 0 radical (unpaired) electrons. The second kappa shape index (κ2) is 13.9. The molecule has 0 aliphatic heterocycles. The highest BCUT2D eigenvalue weighted by atomic mass is 32.2. The number of imidazole rings is 1.